The van der Waals surface area contributed by atoms with Gasteiger partial charge < -0.3 is 20.7 Å². The first-order valence-corrected chi connectivity index (χ1v) is 15.7. The van der Waals surface area contributed by atoms with Crippen LogP contribution in [0.4, 0.5) is 0 Å². The third kappa shape index (κ3) is 5.51. The largest absolute Gasteiger partial charge is 0.480 e. The lowest BCUT2D eigenvalue weighted by Gasteiger charge is -2.61. The minimum Gasteiger partial charge on any atom is -0.480 e. The molecule has 4 saturated carbocycles. The van der Waals surface area contributed by atoms with E-state index in [2.05, 4.69) is 26.1 Å². The number of carboxylic acid groups (broad SMARTS) is 1. The van der Waals surface area contributed by atoms with E-state index in [0.29, 0.717) is 23.4 Å². The van der Waals surface area contributed by atoms with Crippen molar-refractivity contribution in [3.05, 3.63) is 0 Å². The molecule has 1 heterocycles. The highest BCUT2D eigenvalue weighted by Crippen LogP contribution is 2.68. The molecular weight excluding hydrogens is 464 g/mol. The number of hydrogen-bond acceptors (Lipinski definition) is 5. The number of aliphatic hydroxyl groups excluding tert-OH is 1. The zero-order valence-electron chi connectivity index (χ0n) is 23.7. The molecule has 0 bridgehead atoms. The van der Waals surface area contributed by atoms with Crippen molar-refractivity contribution in [2.45, 2.75) is 135 Å². The van der Waals surface area contributed by atoms with Crippen molar-refractivity contribution < 1.29 is 19.7 Å². The molecule has 0 aromatic heterocycles. The van der Waals surface area contributed by atoms with Gasteiger partial charge in [0.1, 0.15) is 12.3 Å². The lowest BCUT2D eigenvalue weighted by molar-refractivity contribution is -0.138. The molecule has 5 rings (SSSR count). The predicted octanol–water partition coefficient (Wildman–Crippen LogP) is 5.32. The SMILES string of the molecule is C[C@H](CCC1OC1NCCCC[C@H](N)C(=O)O)[C@H]1CC[C@H]2[C@@H]3CC[C@@H]4C[C@H](O)CC[C@]4(C)C3CC[C@]12C. The molecule has 1 saturated heterocycles. The van der Waals surface area contributed by atoms with Crippen molar-refractivity contribution >= 4 is 5.97 Å². The molecule has 5 N–H and O–H groups in total. The number of rotatable bonds is 11. The van der Waals surface area contributed by atoms with Gasteiger partial charge in [-0.15, -0.1) is 0 Å². The van der Waals surface area contributed by atoms with Crippen LogP contribution >= 0.6 is 0 Å². The molecule has 6 heteroatoms. The van der Waals surface area contributed by atoms with Gasteiger partial charge in [-0.25, -0.2) is 0 Å². The van der Waals surface area contributed by atoms with Gasteiger partial charge in [0.05, 0.1) is 12.2 Å². The number of aliphatic carboxylic acids is 1. The van der Waals surface area contributed by atoms with Crippen LogP contribution in [0.1, 0.15) is 111 Å². The predicted molar refractivity (Wildman–Crippen MR) is 146 cm³/mol. The normalized spacial score (nSPS) is 46.4. The van der Waals surface area contributed by atoms with Crippen molar-refractivity contribution in [3.63, 3.8) is 0 Å². The van der Waals surface area contributed by atoms with Crippen LogP contribution in [0.25, 0.3) is 0 Å². The Labute approximate surface area is 224 Å². The van der Waals surface area contributed by atoms with Crippen LogP contribution in [0.2, 0.25) is 0 Å². The molecule has 6 nitrogen and oxygen atoms in total. The van der Waals surface area contributed by atoms with E-state index in [1.807, 2.05) is 0 Å². The topological polar surface area (TPSA) is 108 Å². The number of epoxide rings is 1. The molecule has 3 unspecified atom stereocenters. The van der Waals surface area contributed by atoms with Gasteiger partial charge >= 0.3 is 5.97 Å². The van der Waals surface area contributed by atoms with Crippen LogP contribution in [0.3, 0.4) is 0 Å². The highest BCUT2D eigenvalue weighted by molar-refractivity contribution is 5.72. The van der Waals surface area contributed by atoms with Crippen molar-refractivity contribution in [3.8, 4) is 0 Å². The van der Waals surface area contributed by atoms with Gasteiger partial charge in [0.25, 0.3) is 0 Å². The van der Waals surface area contributed by atoms with E-state index in [9.17, 15) is 9.90 Å². The van der Waals surface area contributed by atoms with Crippen molar-refractivity contribution in [1.29, 1.82) is 0 Å². The van der Waals surface area contributed by atoms with Crippen LogP contribution in [0.15, 0.2) is 0 Å². The molecule has 5 aliphatic rings. The summed E-state index contributed by atoms with van der Waals surface area (Å²) in [5, 5.41) is 22.7. The fourth-order valence-corrected chi connectivity index (χ4v) is 10.2. The number of nitrogens with two attached hydrogens (primary N) is 1. The quantitative estimate of drug-likeness (QED) is 0.218. The first-order chi connectivity index (χ1) is 17.6. The molecule has 0 aromatic rings. The van der Waals surface area contributed by atoms with E-state index in [-0.39, 0.29) is 12.3 Å². The average Bonchev–Trinajstić information content (AvgIpc) is 3.52. The summed E-state index contributed by atoms with van der Waals surface area (Å²) >= 11 is 0. The average molecular weight is 519 g/mol. The van der Waals surface area contributed by atoms with Crippen LogP contribution in [-0.2, 0) is 9.53 Å². The maximum atomic E-state index is 10.8. The van der Waals surface area contributed by atoms with E-state index < -0.39 is 12.0 Å². The molecule has 0 aromatic carbocycles. The number of aliphatic hydroxyl groups is 1. The van der Waals surface area contributed by atoms with E-state index in [0.717, 1.165) is 74.2 Å². The van der Waals surface area contributed by atoms with E-state index in [4.69, 9.17) is 15.6 Å². The highest BCUT2D eigenvalue weighted by Gasteiger charge is 2.60. The number of fused-ring (bicyclic) bond motifs is 5. The van der Waals surface area contributed by atoms with Crippen LogP contribution in [-0.4, -0.2) is 47.2 Å². The number of ether oxygens (including phenoxy) is 1. The third-order valence-electron chi connectivity index (χ3n) is 12.5. The van der Waals surface area contributed by atoms with Crippen molar-refractivity contribution in [2.24, 2.45) is 52.1 Å². The maximum Gasteiger partial charge on any atom is 0.320 e. The summed E-state index contributed by atoms with van der Waals surface area (Å²) in [6.07, 6.45) is 17.0. The second kappa shape index (κ2) is 11.1. The lowest BCUT2D eigenvalue weighted by atomic mass is 9.44. The Balaban J connectivity index is 1.07. The summed E-state index contributed by atoms with van der Waals surface area (Å²) in [5.41, 5.74) is 6.56. The molecule has 12 atom stereocenters. The fourth-order valence-electron chi connectivity index (χ4n) is 10.2. The highest BCUT2D eigenvalue weighted by atomic mass is 16.6. The van der Waals surface area contributed by atoms with E-state index >= 15 is 0 Å². The smallest absolute Gasteiger partial charge is 0.320 e. The number of nitrogens with one attached hydrogen (secondary N) is 1. The molecule has 212 valence electrons. The Bertz CT molecular complexity index is 808. The van der Waals surface area contributed by atoms with Gasteiger partial charge in [-0.1, -0.05) is 27.2 Å². The van der Waals surface area contributed by atoms with Crippen molar-refractivity contribution in [1.82, 2.24) is 5.32 Å². The number of hydrogen-bond donors (Lipinski definition) is 4. The monoisotopic (exact) mass is 518 g/mol. The van der Waals surface area contributed by atoms with Crippen LogP contribution in [0, 0.1) is 46.3 Å². The Morgan fingerprint density at radius 1 is 1.03 bits per heavy atom. The molecule has 37 heavy (non-hydrogen) atoms. The standard InChI is InChI=1S/C31H54N2O4/c1-19(7-12-27-28(37-27)33-17-5-4-6-26(32)29(35)36)23-10-11-24-22-9-8-20-18-21(34)13-15-30(20,2)25(22)14-16-31(23,24)3/h19-28,33-34H,4-18,32H2,1-3H3,(H,35,36)/t19-,20-,21-,22+,23-,24+,25?,26+,27?,28?,30+,31-/m1/s1. The summed E-state index contributed by atoms with van der Waals surface area (Å²) in [6.45, 7) is 8.65. The minimum absolute atomic E-state index is 0.0480. The van der Waals surface area contributed by atoms with Gasteiger partial charge in [-0.2, -0.15) is 0 Å². The Kier molecular flexibility index (Phi) is 8.33. The van der Waals surface area contributed by atoms with Crippen molar-refractivity contribution in [2.75, 3.05) is 6.54 Å². The van der Waals surface area contributed by atoms with E-state index in [1.54, 1.807) is 0 Å². The van der Waals surface area contributed by atoms with Gasteiger partial charge in [-0.3, -0.25) is 10.1 Å². The van der Waals surface area contributed by atoms with Gasteiger partial charge in [0, 0.05) is 0 Å². The molecule has 0 radical (unpaired) electrons. The Morgan fingerprint density at radius 3 is 2.57 bits per heavy atom. The molecular formula is C31H54N2O4. The van der Waals surface area contributed by atoms with E-state index in [1.165, 1.54) is 51.4 Å². The Morgan fingerprint density at radius 2 is 1.78 bits per heavy atom. The second-order valence-corrected chi connectivity index (χ2v) is 14.4. The maximum absolute atomic E-state index is 10.8. The minimum atomic E-state index is -0.908. The number of carboxylic acids is 1. The summed E-state index contributed by atoms with van der Waals surface area (Å²) in [7, 11) is 0. The summed E-state index contributed by atoms with van der Waals surface area (Å²) in [5.74, 6) is 4.15. The zero-order valence-corrected chi connectivity index (χ0v) is 23.7. The summed E-state index contributed by atoms with van der Waals surface area (Å²) in [4.78, 5) is 10.8. The number of unbranched alkanes of at least 4 members (excludes halogenated alkanes) is 1. The summed E-state index contributed by atoms with van der Waals surface area (Å²) < 4.78 is 5.92. The van der Waals surface area contributed by atoms with Crippen LogP contribution in [0.5, 0.6) is 0 Å². The Hall–Kier alpha value is -0.690. The molecule has 1 aliphatic heterocycles. The number of carbonyl (C=O) groups is 1. The molecule has 5 fully saturated rings. The molecule has 0 spiro atoms. The molecule has 0 amide bonds. The zero-order chi connectivity index (χ0) is 26.4. The van der Waals surface area contributed by atoms with Gasteiger partial charge in [-0.05, 0) is 136 Å². The third-order valence-corrected chi connectivity index (χ3v) is 12.5. The summed E-state index contributed by atoms with van der Waals surface area (Å²) in [6, 6.07) is -0.738. The second-order valence-electron chi connectivity index (χ2n) is 14.4. The first-order valence-electron chi connectivity index (χ1n) is 15.7. The van der Waals surface area contributed by atoms with Gasteiger partial charge in [0.2, 0.25) is 0 Å². The first kappa shape index (κ1) is 27.9. The fraction of sp³-hybridized carbons (Fsp3) is 0.968. The lowest BCUT2D eigenvalue weighted by Crippen LogP contribution is -2.54. The van der Waals surface area contributed by atoms with Crippen LogP contribution < -0.4 is 11.1 Å². The van der Waals surface area contributed by atoms with Gasteiger partial charge in [0.15, 0.2) is 0 Å². The molecule has 4 aliphatic carbocycles.